The van der Waals surface area contributed by atoms with Crippen LogP contribution in [0.2, 0.25) is 5.02 Å². The van der Waals surface area contributed by atoms with Gasteiger partial charge >= 0.3 is 5.69 Å². The molecule has 3 aromatic carbocycles. The third-order valence-electron chi connectivity index (χ3n) is 4.82. The number of nitrogens with one attached hydrogen (secondary N) is 2. The van der Waals surface area contributed by atoms with E-state index in [4.69, 9.17) is 16.3 Å². The third kappa shape index (κ3) is 4.36. The number of nitro groups is 1. The zero-order valence-corrected chi connectivity index (χ0v) is 17.4. The maximum absolute atomic E-state index is 12.1. The predicted octanol–water partition coefficient (Wildman–Crippen LogP) is 6.16. The van der Waals surface area contributed by atoms with Crippen LogP contribution in [0.3, 0.4) is 0 Å². The van der Waals surface area contributed by atoms with E-state index >= 15 is 0 Å². The first-order valence-electron chi connectivity index (χ1n) is 9.52. The van der Waals surface area contributed by atoms with Crippen LogP contribution < -0.4 is 15.4 Å². The van der Waals surface area contributed by atoms with Crippen molar-refractivity contribution in [3.8, 4) is 5.75 Å². The molecule has 0 unspecified atom stereocenters. The summed E-state index contributed by atoms with van der Waals surface area (Å²) in [5, 5.41) is 19.6. The lowest BCUT2D eigenvalue weighted by atomic mass is 10.1. The number of methoxy groups -OCH3 is 1. The second-order valence-corrected chi connectivity index (χ2v) is 7.16. The lowest BCUT2D eigenvalue weighted by Crippen LogP contribution is -2.08. The van der Waals surface area contributed by atoms with Crippen molar-refractivity contribution < 1.29 is 9.66 Å². The molecule has 8 heteroatoms. The Kier molecular flexibility index (Phi) is 5.86. The molecule has 7 nitrogen and oxygen atoms in total. The summed E-state index contributed by atoms with van der Waals surface area (Å²) in [5.41, 5.74) is 2.37. The first-order chi connectivity index (χ1) is 15.1. The minimum absolute atomic E-state index is 0.137. The van der Waals surface area contributed by atoms with Crippen LogP contribution in [0.4, 0.5) is 22.9 Å². The number of pyridine rings is 1. The minimum atomic E-state index is -0.430. The van der Waals surface area contributed by atoms with E-state index in [-0.39, 0.29) is 11.5 Å². The van der Waals surface area contributed by atoms with Gasteiger partial charge in [0.15, 0.2) is 0 Å². The van der Waals surface area contributed by atoms with Crippen LogP contribution in [0.25, 0.3) is 10.9 Å². The predicted molar refractivity (Wildman–Crippen MR) is 123 cm³/mol. The van der Waals surface area contributed by atoms with Crippen molar-refractivity contribution in [3.05, 3.63) is 93.5 Å². The minimum Gasteiger partial charge on any atom is -0.497 e. The molecule has 1 aromatic heterocycles. The number of nitrogens with zero attached hydrogens (tertiary/aromatic N) is 2. The highest BCUT2D eigenvalue weighted by molar-refractivity contribution is 6.31. The highest BCUT2D eigenvalue weighted by Crippen LogP contribution is 2.39. The summed E-state index contributed by atoms with van der Waals surface area (Å²) in [6, 6.07) is 21.8. The van der Waals surface area contributed by atoms with Gasteiger partial charge in [-0.05, 0) is 42.0 Å². The van der Waals surface area contributed by atoms with Crippen molar-refractivity contribution in [1.29, 1.82) is 0 Å². The van der Waals surface area contributed by atoms with Crippen molar-refractivity contribution in [2.75, 3.05) is 17.7 Å². The summed E-state index contributed by atoms with van der Waals surface area (Å²) >= 11 is 6.27. The van der Waals surface area contributed by atoms with Crippen molar-refractivity contribution in [2.45, 2.75) is 6.54 Å². The summed E-state index contributed by atoms with van der Waals surface area (Å²) in [6.45, 7) is 0.330. The van der Waals surface area contributed by atoms with Crippen molar-refractivity contribution >= 4 is 45.4 Å². The van der Waals surface area contributed by atoms with Crippen LogP contribution in [-0.2, 0) is 6.54 Å². The van der Waals surface area contributed by atoms with Crippen LogP contribution in [-0.4, -0.2) is 17.0 Å². The molecule has 4 rings (SSSR count). The van der Waals surface area contributed by atoms with Gasteiger partial charge in [0.05, 0.1) is 17.5 Å². The van der Waals surface area contributed by atoms with Crippen LogP contribution in [0.15, 0.2) is 72.8 Å². The number of ether oxygens (including phenoxy) is 1. The largest absolute Gasteiger partial charge is 0.497 e. The molecule has 4 aromatic rings. The normalized spacial score (nSPS) is 10.6. The molecule has 2 N–H and O–H groups in total. The van der Waals surface area contributed by atoms with Crippen molar-refractivity contribution in [1.82, 2.24) is 4.98 Å². The zero-order valence-electron chi connectivity index (χ0n) is 16.6. The molecule has 0 saturated carbocycles. The van der Waals surface area contributed by atoms with Gasteiger partial charge in [0.25, 0.3) is 0 Å². The SMILES string of the molecule is COc1ccc(Nc2nc3ccccc3c(NCc3ccccc3Cl)c2[N+](=O)[O-])cc1. The fourth-order valence-corrected chi connectivity index (χ4v) is 3.48. The number of para-hydroxylation sites is 1. The number of rotatable bonds is 7. The maximum Gasteiger partial charge on any atom is 0.335 e. The van der Waals surface area contributed by atoms with Gasteiger partial charge in [-0.15, -0.1) is 0 Å². The molecule has 0 aliphatic heterocycles. The van der Waals surface area contributed by atoms with Crippen LogP contribution >= 0.6 is 11.6 Å². The number of benzene rings is 3. The fraction of sp³-hybridized carbons (Fsp3) is 0.0870. The molecule has 1 heterocycles. The number of anilines is 3. The Bertz CT molecular complexity index is 1250. The van der Waals surface area contributed by atoms with Gasteiger partial charge in [0, 0.05) is 22.6 Å². The Labute approximate surface area is 183 Å². The zero-order chi connectivity index (χ0) is 21.8. The molecular weight excluding hydrogens is 416 g/mol. The lowest BCUT2D eigenvalue weighted by molar-refractivity contribution is -0.383. The first-order valence-corrected chi connectivity index (χ1v) is 9.90. The van der Waals surface area contributed by atoms with E-state index in [1.807, 2.05) is 36.4 Å². The first kappa shape index (κ1) is 20.4. The summed E-state index contributed by atoms with van der Waals surface area (Å²) in [4.78, 5) is 16.2. The Hall–Kier alpha value is -3.84. The summed E-state index contributed by atoms with van der Waals surface area (Å²) in [5.74, 6) is 0.837. The van der Waals surface area contributed by atoms with E-state index in [1.54, 1.807) is 43.5 Å². The number of fused-ring (bicyclic) bond motifs is 1. The van der Waals surface area contributed by atoms with Gasteiger partial charge in [-0.3, -0.25) is 10.1 Å². The maximum atomic E-state index is 12.1. The van der Waals surface area contributed by atoms with Gasteiger partial charge in [0.2, 0.25) is 5.82 Å². The standard InChI is InChI=1S/C23H19ClN4O3/c1-31-17-12-10-16(11-13-17)26-23-22(28(29)30)21(18-7-3-5-9-20(18)27-23)25-14-15-6-2-4-8-19(15)24/h2-13H,14H2,1H3,(H2,25,26,27). The topological polar surface area (TPSA) is 89.3 Å². The van der Waals surface area contributed by atoms with E-state index in [1.165, 1.54) is 0 Å². The third-order valence-corrected chi connectivity index (χ3v) is 5.18. The van der Waals surface area contributed by atoms with Gasteiger partial charge in [-0.25, -0.2) is 4.98 Å². The van der Waals surface area contributed by atoms with E-state index < -0.39 is 4.92 Å². The second-order valence-electron chi connectivity index (χ2n) is 6.76. The number of hydrogen-bond acceptors (Lipinski definition) is 6. The van der Waals surface area contributed by atoms with E-state index in [0.29, 0.717) is 39.6 Å². The summed E-state index contributed by atoms with van der Waals surface area (Å²) in [6.07, 6.45) is 0. The van der Waals surface area contributed by atoms with Crippen LogP contribution in [0, 0.1) is 10.1 Å². The smallest absolute Gasteiger partial charge is 0.335 e. The van der Waals surface area contributed by atoms with Gasteiger partial charge < -0.3 is 15.4 Å². The van der Waals surface area contributed by atoms with Gasteiger partial charge in [-0.1, -0.05) is 48.0 Å². The second kappa shape index (κ2) is 8.89. The lowest BCUT2D eigenvalue weighted by Gasteiger charge is -2.15. The van der Waals surface area contributed by atoms with Gasteiger partial charge in [0.1, 0.15) is 11.4 Å². The Morgan fingerprint density at radius 2 is 1.74 bits per heavy atom. The molecule has 31 heavy (non-hydrogen) atoms. The van der Waals surface area contributed by atoms with Crippen LogP contribution in [0.5, 0.6) is 5.75 Å². The summed E-state index contributed by atoms with van der Waals surface area (Å²) < 4.78 is 5.17. The van der Waals surface area contributed by atoms with E-state index in [2.05, 4.69) is 15.6 Å². The Morgan fingerprint density at radius 1 is 1.03 bits per heavy atom. The molecule has 0 aliphatic carbocycles. The molecule has 0 aliphatic rings. The average Bonchev–Trinajstić information content (AvgIpc) is 2.78. The molecule has 0 saturated heterocycles. The molecule has 0 radical (unpaired) electrons. The Balaban J connectivity index is 1.79. The summed E-state index contributed by atoms with van der Waals surface area (Å²) in [7, 11) is 1.58. The molecule has 0 fully saturated rings. The van der Waals surface area contributed by atoms with E-state index in [0.717, 1.165) is 5.56 Å². The number of aromatic nitrogens is 1. The quantitative estimate of drug-likeness (QED) is 0.267. The van der Waals surface area contributed by atoms with Crippen LogP contribution in [0.1, 0.15) is 5.56 Å². The molecule has 0 amide bonds. The molecule has 0 spiro atoms. The van der Waals surface area contributed by atoms with E-state index in [9.17, 15) is 10.1 Å². The monoisotopic (exact) mass is 434 g/mol. The number of hydrogen-bond donors (Lipinski definition) is 2. The van der Waals surface area contributed by atoms with Crippen molar-refractivity contribution in [3.63, 3.8) is 0 Å². The highest BCUT2D eigenvalue weighted by Gasteiger charge is 2.25. The Morgan fingerprint density at radius 3 is 2.45 bits per heavy atom. The molecule has 0 bridgehead atoms. The highest BCUT2D eigenvalue weighted by atomic mass is 35.5. The van der Waals surface area contributed by atoms with Crippen molar-refractivity contribution in [2.24, 2.45) is 0 Å². The fourth-order valence-electron chi connectivity index (χ4n) is 3.28. The average molecular weight is 435 g/mol. The molecule has 156 valence electrons. The molecular formula is C23H19ClN4O3. The molecule has 0 atom stereocenters. The number of halogens is 1. The van der Waals surface area contributed by atoms with Gasteiger partial charge in [-0.2, -0.15) is 0 Å².